The molecular formula is C18H17NO2. The molecule has 0 bridgehead atoms. The van der Waals surface area contributed by atoms with Crippen molar-refractivity contribution in [1.29, 1.82) is 0 Å². The van der Waals surface area contributed by atoms with Gasteiger partial charge in [0.15, 0.2) is 11.6 Å². The molecule has 0 aliphatic heterocycles. The van der Waals surface area contributed by atoms with Crippen LogP contribution in [-0.4, -0.2) is 24.7 Å². The number of hydrogen-bond donors (Lipinski definition) is 0. The smallest absolute Gasteiger partial charge is 0.194 e. The summed E-state index contributed by atoms with van der Waals surface area (Å²) in [6, 6.07) is 12.8. The van der Waals surface area contributed by atoms with Crippen LogP contribution >= 0.6 is 0 Å². The monoisotopic (exact) mass is 279 g/mol. The number of anilines is 1. The van der Waals surface area contributed by atoms with Gasteiger partial charge in [0, 0.05) is 41.0 Å². The first-order chi connectivity index (χ1) is 10.0. The predicted molar refractivity (Wildman–Crippen MR) is 83.3 cm³/mol. The molecule has 2 aromatic carbocycles. The molecule has 21 heavy (non-hydrogen) atoms. The molecule has 0 amide bonds. The minimum atomic E-state index is -0.0704. The first kappa shape index (κ1) is 13.6. The third-order valence-electron chi connectivity index (χ3n) is 4.09. The van der Waals surface area contributed by atoms with E-state index in [2.05, 4.69) is 18.7 Å². The summed E-state index contributed by atoms with van der Waals surface area (Å²) < 4.78 is 0. The number of ketones is 2. The van der Waals surface area contributed by atoms with E-state index in [1.54, 1.807) is 30.3 Å². The van der Waals surface area contributed by atoms with Gasteiger partial charge in [-0.3, -0.25) is 9.59 Å². The summed E-state index contributed by atoms with van der Waals surface area (Å²) in [5, 5.41) is 0. The summed E-state index contributed by atoms with van der Waals surface area (Å²) in [4.78, 5) is 27.2. The van der Waals surface area contributed by atoms with E-state index in [4.69, 9.17) is 0 Å². The van der Waals surface area contributed by atoms with Crippen molar-refractivity contribution in [2.24, 2.45) is 0 Å². The van der Waals surface area contributed by atoms with E-state index < -0.39 is 0 Å². The van der Waals surface area contributed by atoms with Crippen LogP contribution in [0, 0.1) is 0 Å². The average molecular weight is 279 g/mol. The lowest BCUT2D eigenvalue weighted by Crippen LogP contribution is -2.27. The maximum atomic E-state index is 12.6. The highest BCUT2D eigenvalue weighted by molar-refractivity contribution is 6.28. The van der Waals surface area contributed by atoms with E-state index >= 15 is 0 Å². The Morgan fingerprint density at radius 2 is 1.33 bits per heavy atom. The van der Waals surface area contributed by atoms with Crippen LogP contribution in [0.25, 0.3) is 0 Å². The average Bonchev–Trinajstić information content (AvgIpc) is 2.51. The van der Waals surface area contributed by atoms with Crippen LogP contribution in [0.15, 0.2) is 42.5 Å². The van der Waals surface area contributed by atoms with Crippen molar-refractivity contribution in [3.05, 3.63) is 64.7 Å². The molecule has 0 aromatic heterocycles. The fourth-order valence-electron chi connectivity index (χ4n) is 2.60. The van der Waals surface area contributed by atoms with E-state index in [0.717, 1.165) is 5.69 Å². The van der Waals surface area contributed by atoms with Crippen molar-refractivity contribution < 1.29 is 9.59 Å². The fourth-order valence-corrected chi connectivity index (χ4v) is 2.60. The Kier molecular flexibility index (Phi) is 3.13. The zero-order valence-corrected chi connectivity index (χ0v) is 12.4. The molecule has 0 saturated carbocycles. The fraction of sp³-hybridized carbons (Fsp3) is 0.222. The summed E-state index contributed by atoms with van der Waals surface area (Å²) in [6.45, 7) is 4.17. The molecule has 106 valence electrons. The standard InChI is InChI=1S/C18H17NO2/c1-11(2)19(3)12-8-9-15-16(10-12)18(21)14-7-5-4-6-13(14)17(15)20/h4-11H,1-3H3. The Hall–Kier alpha value is -2.42. The van der Waals surface area contributed by atoms with E-state index in [9.17, 15) is 9.59 Å². The van der Waals surface area contributed by atoms with E-state index in [0.29, 0.717) is 28.3 Å². The molecular weight excluding hydrogens is 262 g/mol. The van der Waals surface area contributed by atoms with Gasteiger partial charge in [0.25, 0.3) is 0 Å². The van der Waals surface area contributed by atoms with Gasteiger partial charge in [-0.1, -0.05) is 24.3 Å². The molecule has 0 unspecified atom stereocenters. The molecule has 0 saturated heterocycles. The Balaban J connectivity index is 2.15. The Morgan fingerprint density at radius 1 is 0.810 bits per heavy atom. The molecule has 3 rings (SSSR count). The van der Waals surface area contributed by atoms with Gasteiger partial charge in [0.1, 0.15) is 0 Å². The number of hydrogen-bond acceptors (Lipinski definition) is 3. The number of nitrogens with zero attached hydrogens (tertiary/aromatic N) is 1. The van der Waals surface area contributed by atoms with E-state index in [-0.39, 0.29) is 11.6 Å². The summed E-state index contributed by atoms with van der Waals surface area (Å²) >= 11 is 0. The van der Waals surface area contributed by atoms with Gasteiger partial charge in [-0.25, -0.2) is 0 Å². The molecule has 0 atom stereocenters. The molecule has 3 heteroatoms. The normalized spacial score (nSPS) is 13.1. The second kappa shape index (κ2) is 4.85. The lowest BCUT2D eigenvalue weighted by atomic mass is 9.84. The highest BCUT2D eigenvalue weighted by Crippen LogP contribution is 2.30. The molecule has 1 aliphatic rings. The second-order valence-corrected chi connectivity index (χ2v) is 5.64. The molecule has 0 radical (unpaired) electrons. The van der Waals surface area contributed by atoms with Crippen LogP contribution in [0.1, 0.15) is 45.7 Å². The van der Waals surface area contributed by atoms with Crippen LogP contribution in [0.2, 0.25) is 0 Å². The number of benzene rings is 2. The van der Waals surface area contributed by atoms with Gasteiger partial charge in [-0.2, -0.15) is 0 Å². The minimum Gasteiger partial charge on any atom is -0.372 e. The minimum absolute atomic E-state index is 0.0702. The van der Waals surface area contributed by atoms with Crippen molar-refractivity contribution in [2.45, 2.75) is 19.9 Å². The van der Waals surface area contributed by atoms with Crippen LogP contribution in [-0.2, 0) is 0 Å². The van der Waals surface area contributed by atoms with Gasteiger partial charge >= 0.3 is 0 Å². The second-order valence-electron chi connectivity index (χ2n) is 5.64. The number of carbonyl (C=O) groups excluding carboxylic acids is 2. The van der Waals surface area contributed by atoms with Gasteiger partial charge in [-0.05, 0) is 32.0 Å². The van der Waals surface area contributed by atoms with Gasteiger partial charge in [0.05, 0.1) is 0 Å². The van der Waals surface area contributed by atoms with Crippen molar-refractivity contribution in [1.82, 2.24) is 0 Å². The Bertz CT molecular complexity index is 747. The molecule has 0 fully saturated rings. The van der Waals surface area contributed by atoms with Crippen LogP contribution < -0.4 is 4.90 Å². The molecule has 0 spiro atoms. The summed E-state index contributed by atoms with van der Waals surface area (Å²) in [7, 11) is 1.98. The van der Waals surface area contributed by atoms with Crippen molar-refractivity contribution >= 4 is 17.3 Å². The van der Waals surface area contributed by atoms with Crippen LogP contribution in [0.4, 0.5) is 5.69 Å². The maximum Gasteiger partial charge on any atom is 0.194 e. The lowest BCUT2D eigenvalue weighted by molar-refractivity contribution is 0.0979. The molecule has 0 heterocycles. The number of rotatable bonds is 2. The molecule has 3 nitrogen and oxygen atoms in total. The number of fused-ring (bicyclic) bond motifs is 2. The van der Waals surface area contributed by atoms with Crippen LogP contribution in [0.5, 0.6) is 0 Å². The van der Waals surface area contributed by atoms with Crippen molar-refractivity contribution in [3.63, 3.8) is 0 Å². The predicted octanol–water partition coefficient (Wildman–Crippen LogP) is 3.31. The summed E-state index contributed by atoms with van der Waals surface area (Å²) in [6.07, 6.45) is 0. The quantitative estimate of drug-likeness (QED) is 0.722. The largest absolute Gasteiger partial charge is 0.372 e. The summed E-state index contributed by atoms with van der Waals surface area (Å²) in [5.74, 6) is -0.141. The molecule has 1 aliphatic carbocycles. The third kappa shape index (κ3) is 2.05. The van der Waals surface area contributed by atoms with E-state index in [1.807, 2.05) is 19.2 Å². The highest BCUT2D eigenvalue weighted by Gasteiger charge is 2.29. The zero-order chi connectivity index (χ0) is 15.1. The highest BCUT2D eigenvalue weighted by atomic mass is 16.1. The first-order valence-corrected chi connectivity index (χ1v) is 7.06. The van der Waals surface area contributed by atoms with Crippen molar-refractivity contribution in [2.75, 3.05) is 11.9 Å². The SMILES string of the molecule is CC(C)N(C)c1ccc2c(c1)C(=O)c1ccccc1C2=O. The third-order valence-corrected chi connectivity index (χ3v) is 4.09. The topological polar surface area (TPSA) is 37.4 Å². The first-order valence-electron chi connectivity index (χ1n) is 7.06. The Labute approximate surface area is 124 Å². The van der Waals surface area contributed by atoms with Gasteiger partial charge in [-0.15, -0.1) is 0 Å². The molecule has 0 N–H and O–H groups in total. The lowest BCUT2D eigenvalue weighted by Gasteiger charge is -2.26. The van der Waals surface area contributed by atoms with Gasteiger partial charge < -0.3 is 4.90 Å². The summed E-state index contributed by atoms with van der Waals surface area (Å²) in [5.41, 5.74) is 2.95. The van der Waals surface area contributed by atoms with Gasteiger partial charge in [0.2, 0.25) is 0 Å². The van der Waals surface area contributed by atoms with E-state index in [1.165, 1.54) is 0 Å². The molecule has 2 aromatic rings. The van der Waals surface area contributed by atoms with Crippen LogP contribution in [0.3, 0.4) is 0 Å². The Morgan fingerprint density at radius 3 is 1.90 bits per heavy atom. The zero-order valence-electron chi connectivity index (χ0n) is 12.4. The maximum absolute atomic E-state index is 12.6. The number of carbonyl (C=O) groups is 2. The van der Waals surface area contributed by atoms with Crippen molar-refractivity contribution in [3.8, 4) is 0 Å².